The van der Waals surface area contributed by atoms with Gasteiger partial charge < -0.3 is 19.2 Å². The van der Waals surface area contributed by atoms with Crippen molar-refractivity contribution >= 4 is 28.6 Å². The maximum Gasteiger partial charge on any atom is 0.263 e. The van der Waals surface area contributed by atoms with Crippen molar-refractivity contribution in [2.75, 3.05) is 49.1 Å². The fourth-order valence-electron chi connectivity index (χ4n) is 5.14. The molecule has 2 saturated heterocycles. The summed E-state index contributed by atoms with van der Waals surface area (Å²) in [6, 6.07) is 12.0. The molecule has 0 unspecified atom stereocenters. The Balaban J connectivity index is 1.19. The van der Waals surface area contributed by atoms with Crippen LogP contribution >= 0.6 is 0 Å². The lowest BCUT2D eigenvalue weighted by atomic mass is 9.95. The number of aromatic nitrogens is 4. The van der Waals surface area contributed by atoms with Crippen molar-refractivity contribution in [3.63, 3.8) is 0 Å². The van der Waals surface area contributed by atoms with Gasteiger partial charge in [0.1, 0.15) is 34.9 Å². The van der Waals surface area contributed by atoms with Crippen molar-refractivity contribution < 1.29 is 13.7 Å². The van der Waals surface area contributed by atoms with Gasteiger partial charge in [0, 0.05) is 51.0 Å². The highest BCUT2D eigenvalue weighted by Gasteiger charge is 2.33. The van der Waals surface area contributed by atoms with E-state index in [4.69, 9.17) is 4.52 Å². The third-order valence-corrected chi connectivity index (χ3v) is 7.01. The first kappa shape index (κ1) is 22.4. The summed E-state index contributed by atoms with van der Waals surface area (Å²) in [4.78, 5) is 33.0. The predicted octanol–water partition coefficient (Wildman–Crippen LogP) is 3.38. The Morgan fingerprint density at radius 3 is 2.56 bits per heavy atom. The molecule has 36 heavy (non-hydrogen) atoms. The Hall–Kier alpha value is -4.08. The second kappa shape index (κ2) is 9.52. The first-order valence-corrected chi connectivity index (χ1v) is 12.2. The topological polar surface area (TPSA) is 91.5 Å². The summed E-state index contributed by atoms with van der Waals surface area (Å²) >= 11 is 0. The van der Waals surface area contributed by atoms with Gasteiger partial charge in [-0.05, 0) is 49.2 Å². The van der Waals surface area contributed by atoms with E-state index in [0.29, 0.717) is 42.2 Å². The largest absolute Gasteiger partial charge is 0.355 e. The molecular formula is C26H26FN7O2. The second-order valence-electron chi connectivity index (χ2n) is 9.20. The Morgan fingerprint density at radius 1 is 0.944 bits per heavy atom. The van der Waals surface area contributed by atoms with Gasteiger partial charge in [-0.1, -0.05) is 11.2 Å². The van der Waals surface area contributed by atoms with Gasteiger partial charge in [0.25, 0.3) is 5.71 Å². The Morgan fingerprint density at radius 2 is 1.78 bits per heavy atom. The van der Waals surface area contributed by atoms with E-state index in [-0.39, 0.29) is 17.6 Å². The van der Waals surface area contributed by atoms with Crippen LogP contribution < -0.4 is 9.80 Å². The van der Waals surface area contributed by atoms with E-state index < -0.39 is 0 Å². The molecule has 4 aromatic rings. The van der Waals surface area contributed by atoms with Crippen molar-refractivity contribution in [1.82, 2.24) is 25.0 Å². The zero-order valence-electron chi connectivity index (χ0n) is 19.8. The molecule has 2 fully saturated rings. The lowest BCUT2D eigenvalue weighted by molar-refractivity contribution is -0.136. The minimum atomic E-state index is -0.318. The number of hydrogen-bond donors (Lipinski definition) is 0. The summed E-state index contributed by atoms with van der Waals surface area (Å²) in [5.41, 5.74) is 1.67. The summed E-state index contributed by atoms with van der Waals surface area (Å²) in [5.74, 6) is 1.40. The summed E-state index contributed by atoms with van der Waals surface area (Å²) in [5, 5.41) is 4.88. The van der Waals surface area contributed by atoms with Crippen LogP contribution in [0.1, 0.15) is 12.8 Å². The molecule has 0 radical (unpaired) electrons. The van der Waals surface area contributed by atoms with Crippen LogP contribution in [0.15, 0.2) is 59.5 Å². The maximum atomic E-state index is 13.5. The lowest BCUT2D eigenvalue weighted by Crippen LogP contribution is -2.52. The Kier molecular flexibility index (Phi) is 5.92. The highest BCUT2D eigenvalue weighted by Crippen LogP contribution is 2.35. The molecule has 5 heterocycles. The molecule has 184 valence electrons. The summed E-state index contributed by atoms with van der Waals surface area (Å²) in [7, 11) is 0. The van der Waals surface area contributed by atoms with Crippen molar-refractivity contribution in [3.05, 3.63) is 60.8 Å². The summed E-state index contributed by atoms with van der Waals surface area (Å²) in [6.45, 7) is 4.26. The average molecular weight is 488 g/mol. The van der Waals surface area contributed by atoms with Crippen LogP contribution in [-0.4, -0.2) is 70.2 Å². The van der Waals surface area contributed by atoms with E-state index in [0.717, 1.165) is 43.9 Å². The van der Waals surface area contributed by atoms with Gasteiger partial charge in [0.2, 0.25) is 5.91 Å². The van der Waals surface area contributed by atoms with E-state index in [1.54, 1.807) is 18.3 Å². The molecule has 2 aliphatic heterocycles. The molecule has 9 nitrogen and oxygen atoms in total. The average Bonchev–Trinajstić information content (AvgIpc) is 3.38. The normalized spacial score (nSPS) is 18.6. The molecule has 2 aliphatic rings. The van der Waals surface area contributed by atoms with Gasteiger partial charge >= 0.3 is 0 Å². The molecule has 1 aromatic carbocycles. The number of hydrogen-bond acceptors (Lipinski definition) is 8. The van der Waals surface area contributed by atoms with E-state index in [9.17, 15) is 9.18 Å². The van der Waals surface area contributed by atoms with Gasteiger partial charge in [-0.25, -0.2) is 14.4 Å². The first-order chi connectivity index (χ1) is 17.7. The monoisotopic (exact) mass is 487 g/mol. The van der Waals surface area contributed by atoms with Gasteiger partial charge in [-0.3, -0.25) is 4.79 Å². The highest BCUT2D eigenvalue weighted by atomic mass is 19.1. The number of piperidine rings is 1. The highest BCUT2D eigenvalue weighted by molar-refractivity contribution is 5.98. The fraction of sp³-hybridized carbons (Fsp3) is 0.346. The van der Waals surface area contributed by atoms with E-state index in [1.807, 2.05) is 23.1 Å². The summed E-state index contributed by atoms with van der Waals surface area (Å²) in [6.07, 6.45) is 4.98. The minimum absolute atomic E-state index is 0.112. The number of piperazine rings is 1. The quantitative estimate of drug-likeness (QED) is 0.433. The fourth-order valence-corrected chi connectivity index (χ4v) is 5.14. The molecule has 1 atom stereocenters. The van der Waals surface area contributed by atoms with Crippen LogP contribution in [0.25, 0.3) is 22.4 Å². The number of carbonyl (C=O) groups is 1. The number of amides is 1. The number of rotatable bonds is 4. The van der Waals surface area contributed by atoms with Crippen molar-refractivity contribution in [1.29, 1.82) is 0 Å². The molecule has 0 spiro atoms. The summed E-state index contributed by atoms with van der Waals surface area (Å²) < 4.78 is 18.9. The SMILES string of the molecule is O=C([C@@H]1CCCN(c2ncnc3onc(-c4ccc(F)cc4)c23)C1)N1CCN(c2ccccn2)CC1. The molecule has 0 saturated carbocycles. The van der Waals surface area contributed by atoms with Gasteiger partial charge in [-0.2, -0.15) is 4.98 Å². The van der Waals surface area contributed by atoms with Gasteiger partial charge in [-0.15, -0.1) is 0 Å². The van der Waals surface area contributed by atoms with Crippen molar-refractivity contribution in [3.8, 4) is 11.3 Å². The molecule has 1 amide bonds. The predicted molar refractivity (Wildman–Crippen MR) is 133 cm³/mol. The van der Waals surface area contributed by atoms with Crippen LogP contribution in [-0.2, 0) is 4.79 Å². The number of carbonyl (C=O) groups excluding carboxylic acids is 1. The first-order valence-electron chi connectivity index (χ1n) is 12.2. The van der Waals surface area contributed by atoms with Crippen LogP contribution in [0.4, 0.5) is 16.0 Å². The van der Waals surface area contributed by atoms with Crippen LogP contribution in [0.3, 0.4) is 0 Å². The zero-order valence-corrected chi connectivity index (χ0v) is 19.8. The van der Waals surface area contributed by atoms with E-state index in [2.05, 4.69) is 29.9 Å². The number of fused-ring (bicyclic) bond motifs is 1. The molecule has 10 heteroatoms. The minimum Gasteiger partial charge on any atom is -0.355 e. The van der Waals surface area contributed by atoms with Gasteiger partial charge in [0.15, 0.2) is 0 Å². The molecule has 0 aliphatic carbocycles. The number of anilines is 2. The smallest absolute Gasteiger partial charge is 0.263 e. The number of benzene rings is 1. The molecule has 0 N–H and O–H groups in total. The van der Waals surface area contributed by atoms with Crippen molar-refractivity contribution in [2.24, 2.45) is 5.92 Å². The zero-order chi connectivity index (χ0) is 24.5. The van der Waals surface area contributed by atoms with E-state index in [1.165, 1.54) is 18.5 Å². The number of halogens is 1. The third kappa shape index (κ3) is 4.23. The van der Waals surface area contributed by atoms with Crippen LogP contribution in [0.5, 0.6) is 0 Å². The molecule has 6 rings (SSSR count). The number of nitrogens with zero attached hydrogens (tertiary/aromatic N) is 7. The Bertz CT molecular complexity index is 1350. The second-order valence-corrected chi connectivity index (χ2v) is 9.20. The van der Waals surface area contributed by atoms with E-state index >= 15 is 0 Å². The standard InChI is InChI=1S/C26H26FN7O2/c27-20-8-6-18(7-9-20)23-22-24(29-17-30-25(22)36-31-23)34-11-3-4-19(16-34)26(35)33-14-12-32(13-15-33)21-5-1-2-10-28-21/h1-2,5-10,17,19H,3-4,11-16H2/t19-/m1/s1. The maximum absolute atomic E-state index is 13.5. The Labute approximate surface area is 207 Å². The van der Waals surface area contributed by atoms with Crippen molar-refractivity contribution in [2.45, 2.75) is 12.8 Å². The van der Waals surface area contributed by atoms with Crippen LogP contribution in [0, 0.1) is 11.7 Å². The van der Waals surface area contributed by atoms with Crippen LogP contribution in [0.2, 0.25) is 0 Å². The third-order valence-electron chi connectivity index (χ3n) is 7.01. The number of pyridine rings is 1. The van der Waals surface area contributed by atoms with Gasteiger partial charge in [0.05, 0.1) is 5.92 Å². The molecular weight excluding hydrogens is 461 g/mol. The molecule has 3 aromatic heterocycles. The molecule has 0 bridgehead atoms. The lowest BCUT2D eigenvalue weighted by Gasteiger charge is -2.39.